The summed E-state index contributed by atoms with van der Waals surface area (Å²) < 4.78 is 37.1. The number of carbonyl (C=O) groups is 8. The van der Waals surface area contributed by atoms with Gasteiger partial charge in [0.25, 0.3) is 11.8 Å². The van der Waals surface area contributed by atoms with Gasteiger partial charge >= 0.3 is 18.1 Å². The Balaban J connectivity index is 0.00000308. The van der Waals surface area contributed by atoms with Crippen LogP contribution in [0.2, 0.25) is 25.7 Å². The molecular formula is C30H49F3N6O10Si. The minimum atomic E-state index is -5.08. The van der Waals surface area contributed by atoms with Crippen LogP contribution >= 0.6 is 0 Å². The fourth-order valence-electron chi connectivity index (χ4n) is 3.87. The predicted octanol–water partition coefficient (Wildman–Crippen LogP) is 0.192. The van der Waals surface area contributed by atoms with Gasteiger partial charge < -0.3 is 36.8 Å². The van der Waals surface area contributed by atoms with Gasteiger partial charge in [0, 0.05) is 33.2 Å². The van der Waals surface area contributed by atoms with Gasteiger partial charge in [0.15, 0.2) is 0 Å². The Hall–Kier alpha value is -4.33. The van der Waals surface area contributed by atoms with Crippen LogP contribution in [-0.2, 0) is 43.1 Å². The molecule has 0 aromatic heterocycles. The number of nitrogens with one attached hydrogen (secondary N) is 4. The molecule has 284 valence electrons. The Morgan fingerprint density at radius 2 is 1.48 bits per heavy atom. The minimum Gasteiger partial charge on any atom is -0.475 e. The van der Waals surface area contributed by atoms with Crippen LogP contribution in [0.15, 0.2) is 12.2 Å². The van der Waals surface area contributed by atoms with Crippen LogP contribution in [0.1, 0.15) is 46.5 Å². The predicted molar refractivity (Wildman–Crippen MR) is 175 cm³/mol. The normalized spacial score (nSPS) is 14.6. The number of esters is 1. The van der Waals surface area contributed by atoms with Gasteiger partial charge in [-0.1, -0.05) is 33.5 Å². The molecule has 0 fully saturated rings. The van der Waals surface area contributed by atoms with Crippen LogP contribution in [0.3, 0.4) is 0 Å². The fourth-order valence-corrected chi connectivity index (χ4v) is 4.59. The van der Waals surface area contributed by atoms with Crippen molar-refractivity contribution in [1.82, 2.24) is 26.2 Å². The molecule has 0 saturated heterocycles. The maximum atomic E-state index is 12.8. The number of rotatable bonds is 19. The van der Waals surface area contributed by atoms with E-state index in [0.29, 0.717) is 32.4 Å². The van der Waals surface area contributed by atoms with E-state index in [1.54, 1.807) is 13.8 Å². The SMILES string of the molecule is CC(NC(=O)C(NC(=O)CN1C(=O)C=CC1=O)C(C)C)C(=O)NCCC(=O)NC(CCCCN)C(=O)OCC[Si](C)(C)C.O=C(O)C(F)(F)F. The minimum absolute atomic E-state index is 0.0403. The number of ether oxygens (including phenoxy) is 1. The van der Waals surface area contributed by atoms with Crippen molar-refractivity contribution in [3.05, 3.63) is 12.2 Å². The number of hydrogen-bond acceptors (Lipinski definition) is 10. The molecule has 3 atom stereocenters. The van der Waals surface area contributed by atoms with Gasteiger partial charge in [0.2, 0.25) is 23.6 Å². The second-order valence-corrected chi connectivity index (χ2v) is 18.5. The van der Waals surface area contributed by atoms with Crippen molar-refractivity contribution in [2.24, 2.45) is 11.7 Å². The summed E-state index contributed by atoms with van der Waals surface area (Å²) in [4.78, 5) is 96.0. The lowest BCUT2D eigenvalue weighted by Crippen LogP contribution is -2.56. The summed E-state index contributed by atoms with van der Waals surface area (Å²) in [5.41, 5.74) is 5.55. The van der Waals surface area contributed by atoms with E-state index in [9.17, 15) is 46.7 Å². The van der Waals surface area contributed by atoms with Crippen LogP contribution in [0, 0.1) is 5.92 Å². The molecule has 0 spiro atoms. The van der Waals surface area contributed by atoms with Gasteiger partial charge in [-0.05, 0) is 44.7 Å². The van der Waals surface area contributed by atoms with E-state index in [1.807, 2.05) is 0 Å². The van der Waals surface area contributed by atoms with Crippen molar-refractivity contribution in [2.45, 2.75) is 96.4 Å². The maximum Gasteiger partial charge on any atom is 0.490 e. The number of imide groups is 1. The molecule has 0 aromatic rings. The molecule has 1 rings (SSSR count). The van der Waals surface area contributed by atoms with E-state index < -0.39 is 86.3 Å². The average Bonchev–Trinajstić information content (AvgIpc) is 3.30. The van der Waals surface area contributed by atoms with E-state index in [4.69, 9.17) is 20.4 Å². The van der Waals surface area contributed by atoms with Crippen LogP contribution in [0.4, 0.5) is 13.2 Å². The van der Waals surface area contributed by atoms with E-state index in [1.165, 1.54) is 6.92 Å². The van der Waals surface area contributed by atoms with Gasteiger partial charge in [-0.15, -0.1) is 0 Å². The summed E-state index contributed by atoms with van der Waals surface area (Å²) in [5, 5.41) is 17.4. The number of hydrogen-bond donors (Lipinski definition) is 6. The molecule has 0 aromatic carbocycles. The summed E-state index contributed by atoms with van der Waals surface area (Å²) in [6.45, 7) is 11.5. The first-order valence-electron chi connectivity index (χ1n) is 15.9. The Morgan fingerprint density at radius 1 is 0.920 bits per heavy atom. The summed E-state index contributed by atoms with van der Waals surface area (Å²) >= 11 is 0. The number of aliphatic carboxylic acids is 1. The van der Waals surface area contributed by atoms with Crippen LogP contribution in [0.25, 0.3) is 0 Å². The molecule has 0 radical (unpaired) electrons. The molecule has 1 aliphatic heterocycles. The number of alkyl halides is 3. The zero-order valence-corrected chi connectivity index (χ0v) is 30.1. The molecule has 0 saturated carbocycles. The number of carbonyl (C=O) groups excluding carboxylic acids is 7. The summed E-state index contributed by atoms with van der Waals surface area (Å²) in [6.07, 6.45) is -1.35. The first-order valence-corrected chi connectivity index (χ1v) is 19.6. The van der Waals surface area contributed by atoms with Crippen molar-refractivity contribution < 1.29 is 61.4 Å². The molecule has 16 nitrogen and oxygen atoms in total. The van der Waals surface area contributed by atoms with Gasteiger partial charge in [-0.25, -0.2) is 9.59 Å². The highest BCUT2D eigenvalue weighted by atomic mass is 28.3. The molecule has 50 heavy (non-hydrogen) atoms. The maximum absolute atomic E-state index is 12.8. The van der Waals surface area contributed by atoms with Crippen molar-refractivity contribution in [3.63, 3.8) is 0 Å². The Kier molecular flexibility index (Phi) is 19.8. The summed E-state index contributed by atoms with van der Waals surface area (Å²) in [6, 6.07) is -2.03. The van der Waals surface area contributed by atoms with E-state index in [0.717, 1.165) is 23.1 Å². The van der Waals surface area contributed by atoms with Gasteiger partial charge in [-0.3, -0.25) is 33.7 Å². The first kappa shape index (κ1) is 45.7. The molecule has 20 heteroatoms. The number of halogens is 3. The molecule has 0 aliphatic carbocycles. The smallest absolute Gasteiger partial charge is 0.475 e. The van der Waals surface area contributed by atoms with E-state index >= 15 is 0 Å². The first-order chi connectivity index (χ1) is 23.0. The van der Waals surface area contributed by atoms with Gasteiger partial charge in [-0.2, -0.15) is 13.2 Å². The topological polar surface area (TPSA) is 243 Å². The quantitative estimate of drug-likeness (QED) is 0.0452. The van der Waals surface area contributed by atoms with Crippen molar-refractivity contribution in [1.29, 1.82) is 0 Å². The zero-order valence-electron chi connectivity index (χ0n) is 29.1. The number of nitrogens with two attached hydrogens (primary N) is 1. The largest absolute Gasteiger partial charge is 0.490 e. The van der Waals surface area contributed by atoms with Crippen LogP contribution < -0.4 is 27.0 Å². The lowest BCUT2D eigenvalue weighted by atomic mass is 10.0. The number of nitrogens with zero attached hydrogens (tertiary/aromatic N) is 1. The highest BCUT2D eigenvalue weighted by molar-refractivity contribution is 6.76. The van der Waals surface area contributed by atoms with E-state index in [-0.39, 0.29) is 18.9 Å². The summed E-state index contributed by atoms with van der Waals surface area (Å²) in [7, 11) is -1.39. The third-order valence-corrected chi connectivity index (χ3v) is 8.48. The lowest BCUT2D eigenvalue weighted by Gasteiger charge is -2.24. The lowest BCUT2D eigenvalue weighted by molar-refractivity contribution is -0.192. The zero-order chi connectivity index (χ0) is 38.8. The second kappa shape index (κ2) is 21.7. The Morgan fingerprint density at radius 3 is 1.96 bits per heavy atom. The van der Waals surface area contributed by atoms with Crippen molar-refractivity contribution >= 4 is 55.5 Å². The number of unbranched alkanes of at least 4 members (excludes halogenated alkanes) is 1. The monoisotopic (exact) mass is 738 g/mol. The fraction of sp³-hybridized carbons (Fsp3) is 0.667. The van der Waals surface area contributed by atoms with Crippen molar-refractivity contribution in [2.75, 3.05) is 26.2 Å². The average molecular weight is 739 g/mol. The third kappa shape index (κ3) is 19.0. The number of carboxylic acid groups (broad SMARTS) is 1. The highest BCUT2D eigenvalue weighted by Crippen LogP contribution is 2.13. The molecule has 6 amide bonds. The molecule has 7 N–H and O–H groups in total. The highest BCUT2D eigenvalue weighted by Gasteiger charge is 2.38. The van der Waals surface area contributed by atoms with Gasteiger partial charge in [0.05, 0.1) is 6.61 Å². The summed E-state index contributed by atoms with van der Waals surface area (Å²) in [5.74, 6) is -7.19. The second-order valence-electron chi connectivity index (χ2n) is 12.8. The van der Waals surface area contributed by atoms with Crippen molar-refractivity contribution in [3.8, 4) is 0 Å². The number of amides is 6. The molecule has 3 unspecified atom stereocenters. The number of carboxylic acids is 1. The van der Waals surface area contributed by atoms with Crippen LogP contribution in [0.5, 0.6) is 0 Å². The molecule has 1 aliphatic rings. The standard InChI is InChI=1S/C28H48N6O8Si.C2HF3O2/c1-18(2)25(33-22(36)17-34-23(37)10-11-24(34)38)27(40)31-19(3)26(39)30-14-12-21(35)32-20(9-7-8-13-29)28(41)42-15-16-43(4,5)6;3-2(4,5)1(6)7/h10-11,18-20,25H,7-9,12-17,29H2,1-6H3,(H,30,39)(H,31,40)(H,32,35)(H,33,36);(H,6,7). The molecule has 1 heterocycles. The van der Waals surface area contributed by atoms with Crippen LogP contribution in [-0.4, -0.2) is 116 Å². The Labute approximate surface area is 289 Å². The van der Waals surface area contributed by atoms with E-state index in [2.05, 4.69) is 40.9 Å². The Bertz CT molecular complexity index is 1240. The molecule has 0 bridgehead atoms. The van der Waals surface area contributed by atoms with Gasteiger partial charge in [0.1, 0.15) is 24.7 Å². The molecular weight excluding hydrogens is 689 g/mol. The third-order valence-electron chi connectivity index (χ3n) is 6.78.